The zero-order valence-electron chi connectivity index (χ0n) is 11.4. The highest BCUT2D eigenvalue weighted by Gasteiger charge is 2.24. The van der Waals surface area contributed by atoms with Crippen LogP contribution in [0.25, 0.3) is 10.9 Å². The molecule has 2 heterocycles. The molecule has 0 amide bonds. The molecule has 2 aliphatic rings. The fourth-order valence-electron chi connectivity index (χ4n) is 4.07. The molecule has 1 fully saturated rings. The third-order valence-electron chi connectivity index (χ3n) is 5.14. The van der Waals surface area contributed by atoms with Crippen LogP contribution in [0.5, 0.6) is 0 Å². The quantitative estimate of drug-likeness (QED) is 0.876. The van der Waals surface area contributed by atoms with Crippen LogP contribution in [-0.2, 0) is 19.4 Å². The van der Waals surface area contributed by atoms with E-state index in [2.05, 4.69) is 29.0 Å². The highest BCUT2D eigenvalue weighted by atomic mass is 15.0. The Kier molecular flexibility index (Phi) is 2.66. The van der Waals surface area contributed by atoms with Crippen molar-refractivity contribution in [3.05, 3.63) is 35.5 Å². The molecule has 1 aromatic heterocycles. The molecule has 2 heteroatoms. The lowest BCUT2D eigenvalue weighted by Gasteiger charge is -2.28. The van der Waals surface area contributed by atoms with Gasteiger partial charge in [-0.15, -0.1) is 0 Å². The molecule has 1 aliphatic carbocycles. The van der Waals surface area contributed by atoms with Gasteiger partial charge in [0.15, 0.2) is 0 Å². The number of hydrogen-bond acceptors (Lipinski definition) is 1. The van der Waals surface area contributed by atoms with E-state index in [4.69, 9.17) is 5.73 Å². The minimum atomic E-state index is 0.415. The average Bonchev–Trinajstić information content (AvgIpc) is 2.99. The van der Waals surface area contributed by atoms with Gasteiger partial charge in [0.1, 0.15) is 0 Å². The Balaban J connectivity index is 1.70. The molecule has 2 atom stereocenters. The van der Waals surface area contributed by atoms with Crippen molar-refractivity contribution in [2.24, 2.45) is 11.7 Å². The summed E-state index contributed by atoms with van der Waals surface area (Å²) in [5.41, 5.74) is 10.9. The summed E-state index contributed by atoms with van der Waals surface area (Å²) in [7, 11) is 0. The van der Waals surface area contributed by atoms with Gasteiger partial charge in [0.05, 0.1) is 5.52 Å². The maximum atomic E-state index is 6.31. The van der Waals surface area contributed by atoms with Crippen LogP contribution in [0.4, 0.5) is 0 Å². The second-order valence-corrected chi connectivity index (χ2v) is 6.32. The van der Waals surface area contributed by atoms with Crippen LogP contribution in [0.2, 0.25) is 0 Å². The minimum Gasteiger partial charge on any atom is -0.347 e. The van der Waals surface area contributed by atoms with E-state index in [1.807, 2.05) is 0 Å². The van der Waals surface area contributed by atoms with Crippen LogP contribution in [0.1, 0.15) is 36.8 Å². The highest BCUT2D eigenvalue weighted by molar-refractivity contribution is 5.88. The molecule has 0 radical (unpaired) electrons. The Labute approximate surface area is 114 Å². The topological polar surface area (TPSA) is 30.9 Å². The van der Waals surface area contributed by atoms with Gasteiger partial charge in [-0.3, -0.25) is 0 Å². The Bertz CT molecular complexity index is 611. The third kappa shape index (κ3) is 1.81. The van der Waals surface area contributed by atoms with E-state index in [0.29, 0.717) is 12.0 Å². The van der Waals surface area contributed by atoms with E-state index in [1.165, 1.54) is 60.6 Å². The Morgan fingerprint density at radius 3 is 3.00 bits per heavy atom. The minimum absolute atomic E-state index is 0.415. The fourth-order valence-corrected chi connectivity index (χ4v) is 4.07. The normalized spacial score (nSPS) is 26.2. The van der Waals surface area contributed by atoms with E-state index in [9.17, 15) is 0 Å². The van der Waals surface area contributed by atoms with Crippen molar-refractivity contribution >= 4 is 10.9 Å². The first kappa shape index (κ1) is 11.5. The van der Waals surface area contributed by atoms with Crippen molar-refractivity contribution in [1.82, 2.24) is 4.57 Å². The van der Waals surface area contributed by atoms with E-state index in [0.717, 1.165) is 6.54 Å². The van der Waals surface area contributed by atoms with E-state index in [1.54, 1.807) is 0 Å². The van der Waals surface area contributed by atoms with Crippen molar-refractivity contribution in [2.75, 3.05) is 0 Å². The first-order valence-electron chi connectivity index (χ1n) is 7.68. The highest BCUT2D eigenvalue weighted by Crippen LogP contribution is 2.33. The van der Waals surface area contributed by atoms with Crippen LogP contribution < -0.4 is 5.73 Å². The molecule has 2 nitrogen and oxygen atoms in total. The number of benzene rings is 1. The van der Waals surface area contributed by atoms with Crippen LogP contribution in [0.3, 0.4) is 0 Å². The van der Waals surface area contributed by atoms with E-state index >= 15 is 0 Å². The van der Waals surface area contributed by atoms with Gasteiger partial charge in [-0.2, -0.15) is 0 Å². The molecule has 1 aromatic carbocycles. The van der Waals surface area contributed by atoms with Gasteiger partial charge in [-0.25, -0.2) is 0 Å². The summed E-state index contributed by atoms with van der Waals surface area (Å²) in [6, 6.07) is 7.21. The van der Waals surface area contributed by atoms with Crippen LogP contribution in [-0.4, -0.2) is 10.6 Å². The van der Waals surface area contributed by atoms with E-state index in [-0.39, 0.29) is 0 Å². The molecule has 0 bridgehead atoms. The number of hydrogen-bond donors (Lipinski definition) is 1. The summed E-state index contributed by atoms with van der Waals surface area (Å²) < 4.78 is 2.45. The number of nitrogens with two attached hydrogens (primary N) is 1. The van der Waals surface area contributed by atoms with Crippen molar-refractivity contribution in [3.8, 4) is 0 Å². The second-order valence-electron chi connectivity index (χ2n) is 6.32. The van der Waals surface area contributed by atoms with E-state index < -0.39 is 0 Å². The SMILES string of the molecule is NC1CCCCC1Cc1cn2c3c(cccc13)CC2. The molecular formula is C17H22N2. The molecular weight excluding hydrogens is 232 g/mol. The van der Waals surface area contributed by atoms with Gasteiger partial charge in [0.2, 0.25) is 0 Å². The molecule has 100 valence electrons. The van der Waals surface area contributed by atoms with Crippen LogP contribution >= 0.6 is 0 Å². The van der Waals surface area contributed by atoms with Crippen LogP contribution in [0.15, 0.2) is 24.4 Å². The van der Waals surface area contributed by atoms with Gasteiger partial charge < -0.3 is 10.3 Å². The number of aryl methyl sites for hydroxylation is 2. The van der Waals surface area contributed by atoms with Crippen molar-refractivity contribution in [1.29, 1.82) is 0 Å². The molecule has 2 N–H and O–H groups in total. The molecule has 1 aliphatic heterocycles. The predicted molar refractivity (Wildman–Crippen MR) is 79.3 cm³/mol. The maximum Gasteiger partial charge on any atom is 0.0516 e. The first-order chi connectivity index (χ1) is 9.33. The lowest BCUT2D eigenvalue weighted by molar-refractivity contribution is 0.307. The zero-order chi connectivity index (χ0) is 12.8. The standard InChI is InChI=1S/C17H22N2/c18-16-7-2-1-4-13(16)10-14-11-19-9-8-12-5-3-6-15(14)17(12)19/h3,5-6,11,13,16H,1-2,4,7-10,18H2. The van der Waals surface area contributed by atoms with Gasteiger partial charge >= 0.3 is 0 Å². The Morgan fingerprint density at radius 2 is 2.11 bits per heavy atom. The first-order valence-corrected chi connectivity index (χ1v) is 7.68. The summed E-state index contributed by atoms with van der Waals surface area (Å²) in [6.07, 6.45) is 9.99. The van der Waals surface area contributed by atoms with Gasteiger partial charge in [0.25, 0.3) is 0 Å². The fraction of sp³-hybridized carbons (Fsp3) is 0.529. The summed E-state index contributed by atoms with van der Waals surface area (Å²) >= 11 is 0. The van der Waals surface area contributed by atoms with Gasteiger partial charge in [-0.05, 0) is 42.7 Å². The Hall–Kier alpha value is -1.28. The monoisotopic (exact) mass is 254 g/mol. The van der Waals surface area contributed by atoms with Gasteiger partial charge in [0, 0.05) is 24.2 Å². The predicted octanol–water partition coefficient (Wildman–Crippen LogP) is 3.26. The lowest BCUT2D eigenvalue weighted by atomic mass is 9.81. The zero-order valence-corrected chi connectivity index (χ0v) is 11.4. The largest absolute Gasteiger partial charge is 0.347 e. The Morgan fingerprint density at radius 1 is 1.21 bits per heavy atom. The van der Waals surface area contributed by atoms with Crippen molar-refractivity contribution in [3.63, 3.8) is 0 Å². The smallest absolute Gasteiger partial charge is 0.0516 e. The summed E-state index contributed by atoms with van der Waals surface area (Å²) in [6.45, 7) is 1.16. The number of aromatic nitrogens is 1. The maximum absolute atomic E-state index is 6.31. The van der Waals surface area contributed by atoms with Crippen molar-refractivity contribution < 1.29 is 0 Å². The van der Waals surface area contributed by atoms with Crippen LogP contribution in [0, 0.1) is 5.92 Å². The number of para-hydroxylation sites is 1. The average molecular weight is 254 g/mol. The lowest BCUT2D eigenvalue weighted by Crippen LogP contribution is -2.34. The summed E-state index contributed by atoms with van der Waals surface area (Å²) in [4.78, 5) is 0. The molecule has 2 aromatic rings. The molecule has 0 spiro atoms. The summed E-state index contributed by atoms with van der Waals surface area (Å²) in [5.74, 6) is 0.691. The number of nitrogens with zero attached hydrogens (tertiary/aromatic N) is 1. The number of rotatable bonds is 2. The molecule has 4 rings (SSSR count). The summed E-state index contributed by atoms with van der Waals surface area (Å²) in [5, 5.41) is 1.48. The molecule has 19 heavy (non-hydrogen) atoms. The third-order valence-corrected chi connectivity index (χ3v) is 5.14. The molecule has 2 unspecified atom stereocenters. The molecule has 0 saturated heterocycles. The van der Waals surface area contributed by atoms with Gasteiger partial charge in [-0.1, -0.05) is 31.0 Å². The van der Waals surface area contributed by atoms with Crippen molar-refractivity contribution in [2.45, 2.75) is 51.1 Å². The second kappa shape index (κ2) is 4.38. The molecule has 1 saturated carbocycles.